The first kappa shape index (κ1) is 18.1. The molecule has 0 spiro atoms. The van der Waals surface area contributed by atoms with Crippen molar-refractivity contribution in [2.75, 3.05) is 26.2 Å². The van der Waals surface area contributed by atoms with Gasteiger partial charge in [0.05, 0.1) is 10.6 Å². The summed E-state index contributed by atoms with van der Waals surface area (Å²) in [5, 5.41) is 15.1. The largest absolute Gasteiger partial charge is 0.361 e. The summed E-state index contributed by atoms with van der Waals surface area (Å²) in [6.45, 7) is 8.90. The molecule has 8 heteroatoms. The number of benzene rings is 1. The van der Waals surface area contributed by atoms with Crippen LogP contribution in [0.5, 0.6) is 0 Å². The van der Waals surface area contributed by atoms with Crippen LogP contribution in [0.25, 0.3) is 0 Å². The fraction of sp³-hybridized carbons (Fsp3) is 0.444. The number of hydrogen-bond donors (Lipinski definition) is 0. The number of piperazine rings is 1. The predicted octanol–water partition coefficient (Wildman–Crippen LogP) is 2.47. The summed E-state index contributed by atoms with van der Waals surface area (Å²) in [6.07, 6.45) is 0. The van der Waals surface area contributed by atoms with Gasteiger partial charge >= 0.3 is 0 Å². The number of nitro benzene ring substituents is 1. The van der Waals surface area contributed by atoms with Gasteiger partial charge in [0.25, 0.3) is 11.6 Å². The lowest BCUT2D eigenvalue weighted by Crippen LogP contribution is -2.48. The van der Waals surface area contributed by atoms with Gasteiger partial charge in [0, 0.05) is 55.5 Å². The topological polar surface area (TPSA) is 92.7 Å². The van der Waals surface area contributed by atoms with Crippen molar-refractivity contribution < 1.29 is 14.2 Å². The summed E-state index contributed by atoms with van der Waals surface area (Å²) in [5.41, 5.74) is 2.89. The van der Waals surface area contributed by atoms with Crippen LogP contribution in [0.3, 0.4) is 0 Å². The number of carbonyl (C=O) groups is 1. The molecule has 0 unspecified atom stereocenters. The first-order valence-corrected chi connectivity index (χ1v) is 8.55. The SMILES string of the molecule is Cc1ccc(C(=O)N2CCN(Cc3c(C)noc3C)CC2)cc1[N+](=O)[O-]. The van der Waals surface area contributed by atoms with Crippen molar-refractivity contribution in [3.8, 4) is 0 Å². The van der Waals surface area contributed by atoms with Crippen molar-refractivity contribution in [2.45, 2.75) is 27.3 Å². The van der Waals surface area contributed by atoms with E-state index in [0.717, 1.165) is 36.7 Å². The normalized spacial score (nSPS) is 15.3. The Labute approximate surface area is 151 Å². The molecule has 1 amide bonds. The van der Waals surface area contributed by atoms with Crippen molar-refractivity contribution in [1.29, 1.82) is 0 Å². The maximum absolute atomic E-state index is 12.7. The van der Waals surface area contributed by atoms with Crippen LogP contribution in [-0.4, -0.2) is 52.0 Å². The molecule has 3 rings (SSSR count). The number of aryl methyl sites for hydroxylation is 3. The molecular formula is C18H22N4O4. The van der Waals surface area contributed by atoms with E-state index in [1.54, 1.807) is 24.0 Å². The number of aromatic nitrogens is 1. The molecule has 138 valence electrons. The van der Waals surface area contributed by atoms with Crippen LogP contribution in [0.4, 0.5) is 5.69 Å². The molecule has 26 heavy (non-hydrogen) atoms. The van der Waals surface area contributed by atoms with E-state index in [2.05, 4.69) is 10.1 Å². The zero-order valence-electron chi connectivity index (χ0n) is 15.2. The summed E-state index contributed by atoms with van der Waals surface area (Å²) in [7, 11) is 0. The predicted molar refractivity (Wildman–Crippen MR) is 95.0 cm³/mol. The Morgan fingerprint density at radius 2 is 1.92 bits per heavy atom. The zero-order valence-corrected chi connectivity index (χ0v) is 15.2. The minimum Gasteiger partial charge on any atom is -0.361 e. The van der Waals surface area contributed by atoms with Gasteiger partial charge < -0.3 is 9.42 Å². The maximum atomic E-state index is 12.7. The van der Waals surface area contributed by atoms with E-state index in [1.807, 2.05) is 13.8 Å². The molecule has 0 bridgehead atoms. The lowest BCUT2D eigenvalue weighted by atomic mass is 10.1. The summed E-state index contributed by atoms with van der Waals surface area (Å²) < 4.78 is 5.20. The minimum absolute atomic E-state index is 0.0205. The van der Waals surface area contributed by atoms with E-state index >= 15 is 0 Å². The first-order valence-electron chi connectivity index (χ1n) is 8.55. The van der Waals surface area contributed by atoms with Crippen LogP contribution in [0.2, 0.25) is 0 Å². The quantitative estimate of drug-likeness (QED) is 0.616. The van der Waals surface area contributed by atoms with E-state index < -0.39 is 4.92 Å². The van der Waals surface area contributed by atoms with Gasteiger partial charge in [0.15, 0.2) is 0 Å². The number of rotatable bonds is 4. The van der Waals surface area contributed by atoms with Gasteiger partial charge in [-0.05, 0) is 26.8 Å². The van der Waals surface area contributed by atoms with Crippen molar-refractivity contribution in [3.05, 3.63) is 56.5 Å². The van der Waals surface area contributed by atoms with Gasteiger partial charge in [-0.3, -0.25) is 19.8 Å². The number of nitro groups is 1. The lowest BCUT2D eigenvalue weighted by molar-refractivity contribution is -0.385. The third kappa shape index (κ3) is 3.60. The molecule has 1 aromatic heterocycles. The Morgan fingerprint density at radius 3 is 2.50 bits per heavy atom. The molecule has 1 aromatic carbocycles. The van der Waals surface area contributed by atoms with E-state index in [-0.39, 0.29) is 11.6 Å². The molecule has 2 aromatic rings. The highest BCUT2D eigenvalue weighted by molar-refractivity contribution is 5.95. The third-order valence-electron chi connectivity index (χ3n) is 4.88. The van der Waals surface area contributed by atoms with E-state index in [1.165, 1.54) is 6.07 Å². The summed E-state index contributed by atoms with van der Waals surface area (Å²) in [6, 6.07) is 4.65. The molecule has 1 aliphatic heterocycles. The fourth-order valence-electron chi connectivity index (χ4n) is 3.18. The second-order valence-electron chi connectivity index (χ2n) is 6.63. The monoisotopic (exact) mass is 358 g/mol. The molecule has 1 saturated heterocycles. The van der Waals surface area contributed by atoms with Crippen LogP contribution >= 0.6 is 0 Å². The zero-order chi connectivity index (χ0) is 18.8. The highest BCUT2D eigenvalue weighted by Crippen LogP contribution is 2.21. The molecule has 0 aliphatic carbocycles. The average molecular weight is 358 g/mol. The Balaban J connectivity index is 1.64. The number of nitrogens with zero attached hydrogens (tertiary/aromatic N) is 4. The van der Waals surface area contributed by atoms with E-state index in [0.29, 0.717) is 24.2 Å². The standard InChI is InChI=1S/C18H22N4O4/c1-12-4-5-15(10-17(12)22(24)25)18(23)21-8-6-20(7-9-21)11-16-13(2)19-26-14(16)3/h4-5,10H,6-9,11H2,1-3H3. The van der Waals surface area contributed by atoms with Crippen molar-refractivity contribution >= 4 is 11.6 Å². The Hall–Kier alpha value is -2.74. The highest BCUT2D eigenvalue weighted by atomic mass is 16.6. The number of hydrogen-bond acceptors (Lipinski definition) is 6. The molecule has 0 saturated carbocycles. The number of amides is 1. The van der Waals surface area contributed by atoms with Crippen LogP contribution in [0.1, 0.15) is 32.9 Å². The Morgan fingerprint density at radius 1 is 1.23 bits per heavy atom. The second-order valence-corrected chi connectivity index (χ2v) is 6.63. The molecule has 0 N–H and O–H groups in total. The summed E-state index contributed by atoms with van der Waals surface area (Å²) in [5.74, 6) is 0.665. The van der Waals surface area contributed by atoms with Gasteiger partial charge in [0.1, 0.15) is 5.76 Å². The van der Waals surface area contributed by atoms with Crippen molar-refractivity contribution in [3.63, 3.8) is 0 Å². The van der Waals surface area contributed by atoms with Crippen LogP contribution < -0.4 is 0 Å². The molecule has 8 nitrogen and oxygen atoms in total. The van der Waals surface area contributed by atoms with Crippen LogP contribution in [-0.2, 0) is 6.54 Å². The van der Waals surface area contributed by atoms with Crippen LogP contribution in [0, 0.1) is 30.9 Å². The van der Waals surface area contributed by atoms with Gasteiger partial charge in [-0.25, -0.2) is 0 Å². The molecule has 1 aliphatic rings. The van der Waals surface area contributed by atoms with Gasteiger partial charge in [0.2, 0.25) is 0 Å². The Kier molecular flexibility index (Phi) is 5.03. The molecule has 1 fully saturated rings. The van der Waals surface area contributed by atoms with Gasteiger partial charge in [-0.1, -0.05) is 11.2 Å². The molecular weight excluding hydrogens is 336 g/mol. The van der Waals surface area contributed by atoms with Crippen molar-refractivity contribution in [1.82, 2.24) is 15.0 Å². The van der Waals surface area contributed by atoms with E-state index in [9.17, 15) is 14.9 Å². The van der Waals surface area contributed by atoms with Gasteiger partial charge in [-0.15, -0.1) is 0 Å². The van der Waals surface area contributed by atoms with Gasteiger partial charge in [-0.2, -0.15) is 0 Å². The molecule has 0 atom stereocenters. The summed E-state index contributed by atoms with van der Waals surface area (Å²) >= 11 is 0. The fourth-order valence-corrected chi connectivity index (χ4v) is 3.18. The molecule has 2 heterocycles. The smallest absolute Gasteiger partial charge is 0.273 e. The number of carbonyl (C=O) groups excluding carboxylic acids is 1. The van der Waals surface area contributed by atoms with E-state index in [4.69, 9.17) is 4.52 Å². The molecule has 0 radical (unpaired) electrons. The Bertz CT molecular complexity index is 818. The average Bonchev–Trinajstić information content (AvgIpc) is 2.94. The first-order chi connectivity index (χ1) is 12.4. The van der Waals surface area contributed by atoms with Crippen molar-refractivity contribution in [2.24, 2.45) is 0 Å². The summed E-state index contributed by atoms with van der Waals surface area (Å²) in [4.78, 5) is 27.3. The second kappa shape index (κ2) is 7.25. The minimum atomic E-state index is -0.451. The third-order valence-corrected chi connectivity index (χ3v) is 4.88. The highest BCUT2D eigenvalue weighted by Gasteiger charge is 2.25. The van der Waals surface area contributed by atoms with Crippen LogP contribution in [0.15, 0.2) is 22.7 Å². The lowest BCUT2D eigenvalue weighted by Gasteiger charge is -2.34. The maximum Gasteiger partial charge on any atom is 0.273 e.